The standard InChI is InChI=1S/C24H26F3N5O/c1-15(25)13-24(2,22-19(27)6-5-11-28-22)14-29-21-10-9-20(30-31-21)17-12-16(7-8-18(17)26)23(33)32(3)4/h5-12,15H,13-14H2,1-4H3,(H,29,31)/t15-,24-/m0/s1. The van der Waals surface area contributed by atoms with E-state index < -0.39 is 23.2 Å². The first-order valence-electron chi connectivity index (χ1n) is 10.4. The Morgan fingerprint density at radius 2 is 1.88 bits per heavy atom. The molecule has 33 heavy (non-hydrogen) atoms. The Labute approximate surface area is 190 Å². The van der Waals surface area contributed by atoms with E-state index in [1.165, 1.54) is 48.4 Å². The molecule has 0 spiro atoms. The van der Waals surface area contributed by atoms with Crippen LogP contribution in [0.5, 0.6) is 0 Å². The van der Waals surface area contributed by atoms with Gasteiger partial charge in [0.2, 0.25) is 0 Å². The van der Waals surface area contributed by atoms with Crippen molar-refractivity contribution in [3.8, 4) is 11.3 Å². The van der Waals surface area contributed by atoms with Crippen LogP contribution in [0.1, 0.15) is 36.3 Å². The molecule has 1 N–H and O–H groups in total. The largest absolute Gasteiger partial charge is 0.368 e. The van der Waals surface area contributed by atoms with E-state index >= 15 is 0 Å². The van der Waals surface area contributed by atoms with E-state index in [0.717, 1.165) is 0 Å². The lowest BCUT2D eigenvalue weighted by molar-refractivity contribution is 0.0827. The van der Waals surface area contributed by atoms with Crippen LogP contribution in [0.3, 0.4) is 0 Å². The molecule has 0 aliphatic carbocycles. The topological polar surface area (TPSA) is 71.0 Å². The number of halogens is 3. The van der Waals surface area contributed by atoms with Crippen molar-refractivity contribution < 1.29 is 18.0 Å². The predicted octanol–water partition coefficient (Wildman–Crippen LogP) is 4.64. The monoisotopic (exact) mass is 457 g/mol. The number of carbonyl (C=O) groups is 1. The molecule has 6 nitrogen and oxygen atoms in total. The van der Waals surface area contributed by atoms with Crippen LogP contribution in [0.2, 0.25) is 0 Å². The zero-order chi connectivity index (χ0) is 24.2. The summed E-state index contributed by atoms with van der Waals surface area (Å²) in [7, 11) is 3.22. The zero-order valence-electron chi connectivity index (χ0n) is 18.9. The second kappa shape index (κ2) is 9.97. The van der Waals surface area contributed by atoms with Gasteiger partial charge in [-0.05, 0) is 55.8 Å². The summed E-state index contributed by atoms with van der Waals surface area (Å²) in [5.74, 6) is -0.943. The Hall–Kier alpha value is -3.49. The summed E-state index contributed by atoms with van der Waals surface area (Å²) in [5, 5.41) is 11.2. The first kappa shape index (κ1) is 24.2. The van der Waals surface area contributed by atoms with Crippen LogP contribution in [0.15, 0.2) is 48.7 Å². The third-order valence-electron chi connectivity index (χ3n) is 5.28. The van der Waals surface area contributed by atoms with Gasteiger partial charge in [-0.15, -0.1) is 10.2 Å². The van der Waals surface area contributed by atoms with Gasteiger partial charge in [0.25, 0.3) is 5.91 Å². The number of nitrogens with zero attached hydrogens (tertiary/aromatic N) is 4. The van der Waals surface area contributed by atoms with Crippen molar-refractivity contribution in [1.82, 2.24) is 20.1 Å². The number of carbonyl (C=O) groups excluding carboxylic acids is 1. The van der Waals surface area contributed by atoms with Crippen molar-refractivity contribution in [3.63, 3.8) is 0 Å². The smallest absolute Gasteiger partial charge is 0.253 e. The molecule has 0 aliphatic heterocycles. The molecule has 0 aliphatic rings. The molecule has 3 rings (SSSR count). The van der Waals surface area contributed by atoms with Gasteiger partial charge in [-0.3, -0.25) is 9.78 Å². The molecule has 0 bridgehead atoms. The summed E-state index contributed by atoms with van der Waals surface area (Å²) in [6.07, 6.45) is 0.349. The van der Waals surface area contributed by atoms with Gasteiger partial charge in [0.15, 0.2) is 0 Å². The third-order valence-corrected chi connectivity index (χ3v) is 5.28. The number of hydrogen-bond acceptors (Lipinski definition) is 5. The minimum absolute atomic E-state index is 0.0529. The molecule has 0 fully saturated rings. The van der Waals surface area contributed by atoms with E-state index in [-0.39, 0.29) is 35.8 Å². The third kappa shape index (κ3) is 5.66. The number of rotatable bonds is 8. The summed E-state index contributed by atoms with van der Waals surface area (Å²) in [5.41, 5.74) is -0.0481. The van der Waals surface area contributed by atoms with Crippen LogP contribution in [0.25, 0.3) is 11.3 Å². The van der Waals surface area contributed by atoms with Gasteiger partial charge >= 0.3 is 0 Å². The highest BCUT2D eigenvalue weighted by Crippen LogP contribution is 2.31. The van der Waals surface area contributed by atoms with Crippen LogP contribution < -0.4 is 5.32 Å². The predicted molar refractivity (Wildman–Crippen MR) is 121 cm³/mol. The molecular weight excluding hydrogens is 431 g/mol. The van der Waals surface area contributed by atoms with Crippen molar-refractivity contribution in [2.75, 3.05) is 26.0 Å². The molecule has 174 valence electrons. The minimum atomic E-state index is -1.17. The van der Waals surface area contributed by atoms with E-state index in [1.807, 2.05) is 0 Å². The van der Waals surface area contributed by atoms with Crippen molar-refractivity contribution in [2.24, 2.45) is 0 Å². The van der Waals surface area contributed by atoms with E-state index in [1.54, 1.807) is 33.2 Å². The van der Waals surface area contributed by atoms with E-state index in [2.05, 4.69) is 20.5 Å². The lowest BCUT2D eigenvalue weighted by Gasteiger charge is -2.30. The minimum Gasteiger partial charge on any atom is -0.368 e. The van der Waals surface area contributed by atoms with Gasteiger partial charge in [0, 0.05) is 43.4 Å². The molecule has 2 heterocycles. The molecule has 9 heteroatoms. The highest BCUT2D eigenvalue weighted by molar-refractivity contribution is 5.95. The summed E-state index contributed by atoms with van der Waals surface area (Å²) in [6.45, 7) is 3.30. The van der Waals surface area contributed by atoms with Crippen molar-refractivity contribution in [3.05, 3.63) is 71.6 Å². The number of amides is 1. The molecule has 1 aromatic carbocycles. The van der Waals surface area contributed by atoms with Gasteiger partial charge < -0.3 is 10.2 Å². The molecule has 3 aromatic rings. The molecule has 0 saturated heterocycles. The maximum atomic E-state index is 14.4. The van der Waals surface area contributed by atoms with Gasteiger partial charge in [0.1, 0.15) is 17.5 Å². The number of anilines is 1. The van der Waals surface area contributed by atoms with Gasteiger partial charge in [-0.25, -0.2) is 13.2 Å². The Bertz CT molecular complexity index is 1120. The van der Waals surface area contributed by atoms with Crippen LogP contribution in [-0.2, 0) is 5.41 Å². The Morgan fingerprint density at radius 1 is 1.12 bits per heavy atom. The fourth-order valence-corrected chi connectivity index (χ4v) is 3.67. The molecule has 0 radical (unpaired) electrons. The number of nitrogens with one attached hydrogen (secondary N) is 1. The SMILES string of the molecule is C[C@H](F)C[C@@](C)(CNc1ccc(-c2cc(C(=O)N(C)C)ccc2F)nn1)c1ncccc1F. The van der Waals surface area contributed by atoms with Crippen LogP contribution in [-0.4, -0.2) is 52.8 Å². The van der Waals surface area contributed by atoms with Crippen LogP contribution in [0.4, 0.5) is 19.0 Å². The average Bonchev–Trinajstić information content (AvgIpc) is 2.78. The quantitative estimate of drug-likeness (QED) is 0.534. The summed E-state index contributed by atoms with van der Waals surface area (Å²) in [4.78, 5) is 17.7. The summed E-state index contributed by atoms with van der Waals surface area (Å²) in [6, 6.07) is 9.99. The Balaban J connectivity index is 1.81. The van der Waals surface area contributed by atoms with Crippen LogP contribution in [0, 0.1) is 11.6 Å². The van der Waals surface area contributed by atoms with E-state index in [0.29, 0.717) is 11.4 Å². The van der Waals surface area contributed by atoms with Gasteiger partial charge in [0.05, 0.1) is 17.6 Å². The molecule has 2 aromatic heterocycles. The Morgan fingerprint density at radius 3 is 2.48 bits per heavy atom. The Kier molecular flexibility index (Phi) is 7.30. The van der Waals surface area contributed by atoms with Gasteiger partial charge in [-0.2, -0.15) is 0 Å². The van der Waals surface area contributed by atoms with Crippen molar-refractivity contribution >= 4 is 11.7 Å². The van der Waals surface area contributed by atoms with Crippen molar-refractivity contribution in [1.29, 1.82) is 0 Å². The molecular formula is C24H26F3N5O. The normalized spacial score (nSPS) is 13.8. The number of alkyl halides is 1. The molecule has 2 atom stereocenters. The lowest BCUT2D eigenvalue weighted by Crippen LogP contribution is -2.35. The van der Waals surface area contributed by atoms with E-state index in [9.17, 15) is 18.0 Å². The number of pyridine rings is 1. The maximum Gasteiger partial charge on any atom is 0.253 e. The van der Waals surface area contributed by atoms with Gasteiger partial charge in [-0.1, -0.05) is 6.92 Å². The molecule has 0 saturated carbocycles. The number of hydrogen-bond donors (Lipinski definition) is 1. The number of aromatic nitrogens is 3. The fourth-order valence-electron chi connectivity index (χ4n) is 3.67. The zero-order valence-corrected chi connectivity index (χ0v) is 18.9. The maximum absolute atomic E-state index is 14.4. The van der Waals surface area contributed by atoms with Crippen LogP contribution >= 0.6 is 0 Å². The van der Waals surface area contributed by atoms with E-state index in [4.69, 9.17) is 0 Å². The highest BCUT2D eigenvalue weighted by atomic mass is 19.1. The second-order valence-electron chi connectivity index (χ2n) is 8.43. The molecule has 1 amide bonds. The highest BCUT2D eigenvalue weighted by Gasteiger charge is 2.33. The fraction of sp³-hybridized carbons (Fsp3) is 0.333. The average molecular weight is 458 g/mol. The second-order valence-corrected chi connectivity index (χ2v) is 8.43. The first-order chi connectivity index (χ1) is 15.6. The summed E-state index contributed by atoms with van der Waals surface area (Å²) < 4.78 is 42.7. The van der Waals surface area contributed by atoms with Crippen molar-refractivity contribution in [2.45, 2.75) is 31.9 Å². The lowest BCUT2D eigenvalue weighted by atomic mass is 9.81. The first-order valence-corrected chi connectivity index (χ1v) is 10.4. The summed E-state index contributed by atoms with van der Waals surface area (Å²) >= 11 is 0. The number of benzene rings is 1. The molecule has 0 unspecified atom stereocenters.